The summed E-state index contributed by atoms with van der Waals surface area (Å²) in [7, 11) is 0. The number of benzene rings is 2. The summed E-state index contributed by atoms with van der Waals surface area (Å²) in [4.78, 5) is 11.3. The maximum atomic E-state index is 11.3. The monoisotopic (exact) mass is 293 g/mol. The molecule has 0 radical (unpaired) electrons. The average Bonchev–Trinajstić information content (AvgIpc) is 2.30. The number of nitrogens with one attached hydrogen (secondary N) is 1. The topological polar surface area (TPSA) is 38.3 Å². The minimum Gasteiger partial charge on any atom is -0.450 e. The second-order valence-electron chi connectivity index (χ2n) is 3.52. The van der Waals surface area contributed by atoms with E-state index in [0.717, 1.165) is 15.2 Å². The molecule has 0 atom stereocenters. The van der Waals surface area contributed by atoms with E-state index in [0.29, 0.717) is 12.3 Å². The molecule has 0 spiro atoms. The van der Waals surface area contributed by atoms with Gasteiger partial charge < -0.3 is 4.74 Å². The van der Waals surface area contributed by atoms with Crippen LogP contribution in [0.2, 0.25) is 0 Å². The fourth-order valence-corrected chi connectivity index (χ4v) is 2.05. The number of hydrogen-bond acceptors (Lipinski definition) is 2. The number of carbonyl (C=O) groups excluding carboxylic acids is 1. The molecule has 0 aromatic heterocycles. The van der Waals surface area contributed by atoms with E-state index in [2.05, 4.69) is 21.2 Å². The van der Waals surface area contributed by atoms with Crippen molar-refractivity contribution < 1.29 is 9.53 Å². The van der Waals surface area contributed by atoms with Crippen molar-refractivity contribution in [3.05, 3.63) is 40.9 Å². The first kappa shape index (κ1) is 11.9. The summed E-state index contributed by atoms with van der Waals surface area (Å²) in [6, 6.07) is 11.8. The van der Waals surface area contributed by atoms with Crippen LogP contribution >= 0.6 is 15.9 Å². The summed E-state index contributed by atoms with van der Waals surface area (Å²) < 4.78 is 5.68. The van der Waals surface area contributed by atoms with Gasteiger partial charge in [0.25, 0.3) is 0 Å². The van der Waals surface area contributed by atoms with Gasteiger partial charge in [0.1, 0.15) is 0 Å². The molecule has 88 valence electrons. The van der Waals surface area contributed by atoms with Crippen molar-refractivity contribution in [2.75, 3.05) is 11.9 Å². The van der Waals surface area contributed by atoms with E-state index in [9.17, 15) is 4.79 Å². The molecule has 0 fully saturated rings. The van der Waals surface area contributed by atoms with E-state index in [1.165, 1.54) is 0 Å². The molecular weight excluding hydrogens is 282 g/mol. The van der Waals surface area contributed by atoms with Gasteiger partial charge in [-0.15, -0.1) is 0 Å². The van der Waals surface area contributed by atoms with Crippen LogP contribution in [0.15, 0.2) is 40.9 Å². The van der Waals surface area contributed by atoms with Gasteiger partial charge >= 0.3 is 6.09 Å². The maximum Gasteiger partial charge on any atom is 0.411 e. The minimum atomic E-state index is -0.441. The van der Waals surface area contributed by atoms with Crippen molar-refractivity contribution in [1.29, 1.82) is 0 Å². The highest BCUT2D eigenvalue weighted by atomic mass is 79.9. The Balaban J connectivity index is 2.34. The molecule has 0 aliphatic rings. The number of carbonyl (C=O) groups is 1. The van der Waals surface area contributed by atoms with Crippen molar-refractivity contribution in [3.63, 3.8) is 0 Å². The molecule has 1 amide bonds. The van der Waals surface area contributed by atoms with E-state index >= 15 is 0 Å². The van der Waals surface area contributed by atoms with Crippen LogP contribution in [0.5, 0.6) is 0 Å². The summed E-state index contributed by atoms with van der Waals surface area (Å²) in [5.41, 5.74) is 0.710. The Labute approximate surface area is 108 Å². The lowest BCUT2D eigenvalue weighted by molar-refractivity contribution is 0.168. The second kappa shape index (κ2) is 5.19. The van der Waals surface area contributed by atoms with Crippen molar-refractivity contribution in [3.8, 4) is 0 Å². The Morgan fingerprint density at radius 2 is 1.94 bits per heavy atom. The maximum absolute atomic E-state index is 11.3. The van der Waals surface area contributed by atoms with E-state index < -0.39 is 6.09 Å². The third kappa shape index (κ3) is 2.77. The van der Waals surface area contributed by atoms with Crippen LogP contribution in [-0.2, 0) is 4.74 Å². The van der Waals surface area contributed by atoms with Crippen molar-refractivity contribution in [2.45, 2.75) is 6.92 Å². The van der Waals surface area contributed by atoms with Gasteiger partial charge in [0.2, 0.25) is 0 Å². The molecule has 0 aliphatic heterocycles. The van der Waals surface area contributed by atoms with Crippen LogP contribution in [-0.4, -0.2) is 12.7 Å². The summed E-state index contributed by atoms with van der Waals surface area (Å²) in [5, 5.41) is 4.89. The number of halogens is 1. The van der Waals surface area contributed by atoms with Gasteiger partial charge in [-0.05, 0) is 45.8 Å². The van der Waals surface area contributed by atoms with E-state index in [-0.39, 0.29) is 0 Å². The quantitative estimate of drug-likeness (QED) is 0.902. The molecule has 0 bridgehead atoms. The van der Waals surface area contributed by atoms with Gasteiger partial charge in [-0.3, -0.25) is 5.32 Å². The number of amides is 1. The number of hydrogen-bond donors (Lipinski definition) is 1. The number of anilines is 1. The molecule has 0 heterocycles. The van der Waals surface area contributed by atoms with Crippen molar-refractivity contribution in [1.82, 2.24) is 0 Å². The van der Waals surface area contributed by atoms with Crippen LogP contribution in [0.4, 0.5) is 10.5 Å². The van der Waals surface area contributed by atoms with Crippen LogP contribution in [0.25, 0.3) is 10.8 Å². The lowest BCUT2D eigenvalue weighted by atomic mass is 10.1. The molecular formula is C13H12BrNO2. The fraction of sp³-hybridized carbons (Fsp3) is 0.154. The van der Waals surface area contributed by atoms with Crippen LogP contribution in [0.3, 0.4) is 0 Å². The van der Waals surface area contributed by atoms with Gasteiger partial charge in [0.15, 0.2) is 0 Å². The van der Waals surface area contributed by atoms with Gasteiger partial charge in [-0.2, -0.15) is 0 Å². The highest BCUT2D eigenvalue weighted by molar-refractivity contribution is 9.10. The number of ether oxygens (including phenoxy) is 1. The molecule has 3 nitrogen and oxygen atoms in total. The van der Waals surface area contributed by atoms with Crippen LogP contribution in [0.1, 0.15) is 6.92 Å². The Hall–Kier alpha value is -1.55. The third-order valence-corrected chi connectivity index (χ3v) is 3.00. The lowest BCUT2D eigenvalue weighted by Crippen LogP contribution is -2.13. The first-order valence-corrected chi connectivity index (χ1v) is 6.12. The van der Waals surface area contributed by atoms with Gasteiger partial charge in [-0.25, -0.2) is 4.79 Å². The zero-order valence-corrected chi connectivity index (χ0v) is 11.0. The molecule has 2 aromatic rings. The lowest BCUT2D eigenvalue weighted by Gasteiger charge is -2.08. The molecule has 17 heavy (non-hydrogen) atoms. The smallest absolute Gasteiger partial charge is 0.411 e. The molecule has 0 unspecified atom stereocenters. The van der Waals surface area contributed by atoms with Gasteiger partial charge in [0.05, 0.1) is 12.3 Å². The molecule has 2 rings (SSSR count). The highest BCUT2D eigenvalue weighted by Crippen LogP contribution is 2.28. The van der Waals surface area contributed by atoms with Crippen molar-refractivity contribution >= 4 is 38.5 Å². The Morgan fingerprint density at radius 1 is 1.29 bits per heavy atom. The number of fused-ring (bicyclic) bond motifs is 1. The second-order valence-corrected chi connectivity index (χ2v) is 4.38. The van der Waals surface area contributed by atoms with Gasteiger partial charge in [-0.1, -0.05) is 24.3 Å². The fourth-order valence-electron chi connectivity index (χ4n) is 1.59. The van der Waals surface area contributed by atoms with E-state index in [1.807, 2.05) is 36.4 Å². The standard InChI is InChI=1S/C13H12BrNO2/c1-2-17-13(16)15-12-8-10-6-4-3-5-9(10)7-11(12)14/h3-8H,2H2,1H3,(H,15,16). The summed E-state index contributed by atoms with van der Waals surface area (Å²) in [5.74, 6) is 0. The molecule has 2 aromatic carbocycles. The predicted octanol–water partition coefficient (Wildman–Crippen LogP) is 4.17. The zero-order chi connectivity index (χ0) is 12.3. The predicted molar refractivity (Wildman–Crippen MR) is 72.3 cm³/mol. The molecule has 1 N–H and O–H groups in total. The Kier molecular flexibility index (Phi) is 3.64. The molecule has 0 saturated heterocycles. The summed E-state index contributed by atoms with van der Waals surface area (Å²) >= 11 is 3.43. The zero-order valence-electron chi connectivity index (χ0n) is 9.37. The molecule has 0 aliphatic carbocycles. The Bertz CT molecular complexity index is 554. The average molecular weight is 294 g/mol. The Morgan fingerprint density at radius 3 is 2.59 bits per heavy atom. The normalized spacial score (nSPS) is 10.2. The van der Waals surface area contributed by atoms with Gasteiger partial charge in [0, 0.05) is 4.47 Å². The highest BCUT2D eigenvalue weighted by Gasteiger charge is 2.06. The number of rotatable bonds is 2. The van der Waals surface area contributed by atoms with Crippen molar-refractivity contribution in [2.24, 2.45) is 0 Å². The van der Waals surface area contributed by atoms with Crippen LogP contribution in [0, 0.1) is 0 Å². The summed E-state index contributed by atoms with van der Waals surface area (Å²) in [6.45, 7) is 2.13. The molecule has 0 saturated carbocycles. The van der Waals surface area contributed by atoms with E-state index in [4.69, 9.17) is 4.74 Å². The summed E-state index contributed by atoms with van der Waals surface area (Å²) in [6.07, 6.45) is -0.441. The first-order chi connectivity index (χ1) is 8.20. The molecule has 4 heteroatoms. The van der Waals surface area contributed by atoms with Crippen LogP contribution < -0.4 is 5.32 Å². The largest absolute Gasteiger partial charge is 0.450 e. The SMILES string of the molecule is CCOC(=O)Nc1cc2ccccc2cc1Br. The third-order valence-electron chi connectivity index (χ3n) is 2.35. The first-order valence-electron chi connectivity index (χ1n) is 5.33. The minimum absolute atomic E-state index is 0.358. The van der Waals surface area contributed by atoms with E-state index in [1.54, 1.807) is 6.92 Å².